The zero-order valence-corrected chi connectivity index (χ0v) is 9.53. The fourth-order valence-electron chi connectivity index (χ4n) is 2.22. The summed E-state index contributed by atoms with van der Waals surface area (Å²) >= 11 is 0. The molecule has 2 heterocycles. The Morgan fingerprint density at radius 2 is 2.33 bits per heavy atom. The van der Waals surface area contributed by atoms with Crippen molar-refractivity contribution in [3.8, 4) is 0 Å². The summed E-state index contributed by atoms with van der Waals surface area (Å²) in [5.74, 6) is 0.458. The van der Waals surface area contributed by atoms with Crippen molar-refractivity contribution >= 4 is 6.09 Å². The lowest BCUT2D eigenvalue weighted by molar-refractivity contribution is 0.0882. The van der Waals surface area contributed by atoms with E-state index in [1.807, 2.05) is 0 Å². The third-order valence-electron chi connectivity index (χ3n) is 3.16. The van der Waals surface area contributed by atoms with E-state index >= 15 is 0 Å². The molecule has 0 radical (unpaired) electrons. The number of rotatable bonds is 4. The molecule has 2 aliphatic heterocycles. The number of unbranched alkanes of at least 4 members (excludes halogenated alkanes) is 3. The Morgan fingerprint density at radius 3 is 3.00 bits per heavy atom. The second-order valence-electron chi connectivity index (χ2n) is 4.49. The maximum atomic E-state index is 11.3. The number of fused-ring (bicyclic) bond motifs is 1. The molecule has 0 aromatic rings. The fraction of sp³-hybridized carbons (Fsp3) is 0.750. The number of hydrogen-bond acceptors (Lipinski definition) is 2. The molecule has 84 valence electrons. The van der Waals surface area contributed by atoms with Crippen LogP contribution in [0.3, 0.4) is 0 Å². The van der Waals surface area contributed by atoms with Gasteiger partial charge in [-0.2, -0.15) is 0 Å². The number of cyclic esters (lactones) is 1. The molecule has 0 aromatic heterocycles. The van der Waals surface area contributed by atoms with Crippen molar-refractivity contribution in [3.05, 3.63) is 11.8 Å². The van der Waals surface area contributed by atoms with E-state index in [1.165, 1.54) is 25.0 Å². The maximum absolute atomic E-state index is 11.3. The van der Waals surface area contributed by atoms with Gasteiger partial charge in [-0.25, -0.2) is 4.79 Å². The van der Waals surface area contributed by atoms with Crippen LogP contribution in [0.25, 0.3) is 0 Å². The van der Waals surface area contributed by atoms with Gasteiger partial charge in [0, 0.05) is 11.6 Å². The second kappa shape index (κ2) is 4.25. The van der Waals surface area contributed by atoms with Crippen LogP contribution in [0.1, 0.15) is 39.5 Å². The summed E-state index contributed by atoms with van der Waals surface area (Å²) in [4.78, 5) is 13.1. The summed E-state index contributed by atoms with van der Waals surface area (Å²) in [5, 5.41) is 0. The van der Waals surface area contributed by atoms with E-state index in [9.17, 15) is 4.79 Å². The van der Waals surface area contributed by atoms with Crippen molar-refractivity contribution in [3.63, 3.8) is 0 Å². The molecule has 0 aromatic carbocycles. The fourth-order valence-corrected chi connectivity index (χ4v) is 2.22. The highest BCUT2D eigenvalue weighted by Crippen LogP contribution is 2.42. The zero-order valence-electron chi connectivity index (χ0n) is 9.53. The highest BCUT2D eigenvalue weighted by atomic mass is 16.6. The van der Waals surface area contributed by atoms with Crippen molar-refractivity contribution in [1.82, 2.24) is 4.90 Å². The molecule has 15 heavy (non-hydrogen) atoms. The first-order chi connectivity index (χ1) is 7.25. The van der Waals surface area contributed by atoms with Crippen LogP contribution in [0.4, 0.5) is 4.79 Å². The summed E-state index contributed by atoms with van der Waals surface area (Å²) in [7, 11) is 0. The predicted octanol–water partition coefficient (Wildman–Crippen LogP) is 2.92. The summed E-state index contributed by atoms with van der Waals surface area (Å²) in [5.41, 5.74) is 1.20. The third-order valence-corrected chi connectivity index (χ3v) is 3.16. The minimum atomic E-state index is -0.153. The minimum absolute atomic E-state index is 0.153. The van der Waals surface area contributed by atoms with Crippen LogP contribution in [0, 0.1) is 5.92 Å². The number of ether oxygens (including phenoxy) is 1. The molecular weight excluding hydrogens is 190 g/mol. The van der Waals surface area contributed by atoms with Gasteiger partial charge in [0.05, 0.1) is 12.6 Å². The van der Waals surface area contributed by atoms with E-state index in [0.29, 0.717) is 18.6 Å². The molecule has 0 spiro atoms. The number of carbonyl (C=O) groups excluding carboxylic acids is 1. The standard InChI is InChI=1S/C12H19NO2/c1-3-4-5-6-7-10-11-9(2)8-15-12(14)13(10)11/h7,9,11H,3-6,8H2,1-2H3/b10-7+/t9-,11+,13?/m1/s1. The topological polar surface area (TPSA) is 29.3 Å². The zero-order chi connectivity index (χ0) is 10.8. The van der Waals surface area contributed by atoms with Gasteiger partial charge in [-0.1, -0.05) is 32.8 Å². The Balaban J connectivity index is 1.87. The molecular formula is C12H19NO2. The molecule has 0 saturated carbocycles. The lowest BCUT2D eigenvalue weighted by atomic mass is 10.1. The number of hydrogen-bond donors (Lipinski definition) is 0. The van der Waals surface area contributed by atoms with Crippen molar-refractivity contribution in [2.75, 3.05) is 6.61 Å². The van der Waals surface area contributed by atoms with Gasteiger partial charge in [0.15, 0.2) is 0 Å². The number of allylic oxidation sites excluding steroid dienone is 1. The maximum Gasteiger partial charge on any atom is 0.414 e. The lowest BCUT2D eigenvalue weighted by Crippen LogP contribution is -2.28. The highest BCUT2D eigenvalue weighted by Gasteiger charge is 2.52. The largest absolute Gasteiger partial charge is 0.449 e. The molecule has 2 fully saturated rings. The van der Waals surface area contributed by atoms with E-state index in [4.69, 9.17) is 4.74 Å². The second-order valence-corrected chi connectivity index (χ2v) is 4.49. The van der Waals surface area contributed by atoms with Crippen molar-refractivity contribution in [2.45, 2.75) is 45.6 Å². The van der Waals surface area contributed by atoms with Gasteiger partial charge in [-0.15, -0.1) is 0 Å². The minimum Gasteiger partial charge on any atom is -0.449 e. The molecule has 0 N–H and O–H groups in total. The van der Waals surface area contributed by atoms with E-state index in [2.05, 4.69) is 19.9 Å². The van der Waals surface area contributed by atoms with Gasteiger partial charge in [-0.3, -0.25) is 4.90 Å². The molecule has 2 rings (SSSR count). The Hall–Kier alpha value is -0.990. The summed E-state index contributed by atoms with van der Waals surface area (Å²) < 4.78 is 5.05. The predicted molar refractivity (Wildman–Crippen MR) is 58.4 cm³/mol. The first-order valence-corrected chi connectivity index (χ1v) is 5.91. The molecule has 3 heteroatoms. The van der Waals surface area contributed by atoms with Crippen LogP contribution in [0.15, 0.2) is 11.8 Å². The Labute approximate surface area is 91.1 Å². The molecule has 2 aliphatic rings. The quantitative estimate of drug-likeness (QED) is 0.526. The van der Waals surface area contributed by atoms with E-state index in [1.54, 1.807) is 4.90 Å². The van der Waals surface area contributed by atoms with Crippen molar-refractivity contribution < 1.29 is 9.53 Å². The number of carbonyl (C=O) groups is 1. The van der Waals surface area contributed by atoms with Crippen LogP contribution in [0.2, 0.25) is 0 Å². The summed E-state index contributed by atoms with van der Waals surface area (Å²) in [6.07, 6.45) is 6.90. The molecule has 3 nitrogen and oxygen atoms in total. The van der Waals surface area contributed by atoms with Gasteiger partial charge < -0.3 is 4.74 Å². The number of nitrogens with zero attached hydrogens (tertiary/aromatic N) is 1. The summed E-state index contributed by atoms with van der Waals surface area (Å²) in [6.45, 7) is 4.91. The van der Waals surface area contributed by atoms with Crippen molar-refractivity contribution in [1.29, 1.82) is 0 Å². The van der Waals surface area contributed by atoms with Gasteiger partial charge >= 0.3 is 6.09 Å². The Morgan fingerprint density at radius 1 is 1.53 bits per heavy atom. The molecule has 1 amide bonds. The monoisotopic (exact) mass is 209 g/mol. The average molecular weight is 209 g/mol. The molecule has 0 unspecified atom stereocenters. The van der Waals surface area contributed by atoms with E-state index in [-0.39, 0.29) is 6.09 Å². The van der Waals surface area contributed by atoms with Gasteiger partial charge in [0.25, 0.3) is 0 Å². The first kappa shape index (κ1) is 10.5. The molecule has 0 bridgehead atoms. The van der Waals surface area contributed by atoms with E-state index < -0.39 is 0 Å². The first-order valence-electron chi connectivity index (χ1n) is 5.91. The molecule has 0 aliphatic carbocycles. The Bertz CT molecular complexity index is 285. The van der Waals surface area contributed by atoms with Gasteiger partial charge in [-0.05, 0) is 12.8 Å². The van der Waals surface area contributed by atoms with Crippen LogP contribution < -0.4 is 0 Å². The third kappa shape index (κ3) is 2.01. The smallest absolute Gasteiger partial charge is 0.414 e. The lowest BCUT2D eigenvalue weighted by Gasteiger charge is -2.16. The van der Waals surface area contributed by atoms with Crippen LogP contribution in [0.5, 0.6) is 0 Å². The average Bonchev–Trinajstić information content (AvgIpc) is 2.94. The SMILES string of the molecule is CCCCC/C=C1\[C@@H]2[C@H](C)COC(=O)N12. The van der Waals surface area contributed by atoms with Crippen LogP contribution >= 0.6 is 0 Å². The highest BCUT2D eigenvalue weighted by molar-refractivity contribution is 5.77. The molecule has 2 saturated heterocycles. The molecule has 2 atom stereocenters. The normalized spacial score (nSPS) is 31.5. The van der Waals surface area contributed by atoms with Crippen LogP contribution in [-0.4, -0.2) is 23.6 Å². The van der Waals surface area contributed by atoms with E-state index in [0.717, 1.165) is 6.42 Å². The van der Waals surface area contributed by atoms with Crippen molar-refractivity contribution in [2.24, 2.45) is 5.92 Å². The van der Waals surface area contributed by atoms with Crippen LogP contribution in [-0.2, 0) is 4.74 Å². The Kier molecular flexibility index (Phi) is 2.98. The summed E-state index contributed by atoms with van der Waals surface area (Å²) in [6, 6.07) is 0.355. The van der Waals surface area contributed by atoms with Gasteiger partial charge in [0.2, 0.25) is 0 Å². The van der Waals surface area contributed by atoms with Gasteiger partial charge in [0.1, 0.15) is 0 Å². The number of amides is 1.